The average molecular weight is 954 g/mol. The molecule has 7 aromatic rings. The number of likely N-dealkylation sites (tertiary alicyclic amines) is 2. The lowest BCUT2D eigenvalue weighted by molar-refractivity contribution is -0.136. The summed E-state index contributed by atoms with van der Waals surface area (Å²) in [4.78, 5) is 58.5. The number of nitrogens with one attached hydrogen (secondary N) is 3. The number of alkyl carbamates (subject to hydrolysis) is 1. The average Bonchev–Trinajstić information content (AvgIpc) is 4.22. The number of rotatable bonds is 11. The first kappa shape index (κ1) is 46.3. The number of nitrogens with zero attached hydrogens (tertiary/aromatic N) is 5. The molecule has 0 radical (unpaired) electrons. The molecule has 3 aliphatic heterocycles. The molecule has 0 aliphatic carbocycles. The van der Waals surface area contributed by atoms with E-state index in [1.54, 1.807) is 35.5 Å². The van der Waals surface area contributed by atoms with Crippen LogP contribution < -0.4 is 15.8 Å². The van der Waals surface area contributed by atoms with Crippen molar-refractivity contribution in [2.75, 3.05) is 20.2 Å². The highest BCUT2D eigenvalue weighted by atomic mass is 19.1. The number of fused-ring (bicyclic) bond motifs is 5. The summed E-state index contributed by atoms with van der Waals surface area (Å²) in [5.41, 5.74) is 12.8. The Balaban J connectivity index is 1.00. The van der Waals surface area contributed by atoms with E-state index >= 15 is 4.39 Å². The summed E-state index contributed by atoms with van der Waals surface area (Å²) in [5, 5.41) is 3.50. The molecule has 2 fully saturated rings. The van der Waals surface area contributed by atoms with Gasteiger partial charge in [0.15, 0.2) is 0 Å². The van der Waals surface area contributed by atoms with Gasteiger partial charge in [-0.2, -0.15) is 0 Å². The van der Waals surface area contributed by atoms with E-state index in [2.05, 4.69) is 20.3 Å². The fraction of sp³-hybridized carbons (Fsp3) is 0.340. The van der Waals surface area contributed by atoms with Crippen LogP contribution in [0.1, 0.15) is 82.5 Å². The van der Waals surface area contributed by atoms with Crippen molar-refractivity contribution in [1.29, 1.82) is 0 Å². The van der Waals surface area contributed by atoms with Gasteiger partial charge in [0, 0.05) is 35.0 Å². The maximum absolute atomic E-state index is 16.9. The Morgan fingerprint density at radius 3 is 2.13 bits per heavy atom. The van der Waals surface area contributed by atoms with Crippen molar-refractivity contribution in [2.45, 2.75) is 83.5 Å². The van der Waals surface area contributed by atoms with E-state index in [4.69, 9.17) is 20.2 Å². The Kier molecular flexibility index (Phi) is 12.2. The second-order valence-corrected chi connectivity index (χ2v) is 19.1. The number of benzene rings is 4. The van der Waals surface area contributed by atoms with Crippen LogP contribution in [0.25, 0.3) is 55.8 Å². The fourth-order valence-corrected chi connectivity index (χ4v) is 10.1. The van der Waals surface area contributed by atoms with Crippen LogP contribution in [0.5, 0.6) is 5.75 Å². The minimum atomic E-state index is -1.25. The Labute approximate surface area is 402 Å². The number of alkyl halides is 1. The minimum absolute atomic E-state index is 0.0528. The summed E-state index contributed by atoms with van der Waals surface area (Å²) in [6.45, 7) is 7.85. The van der Waals surface area contributed by atoms with Gasteiger partial charge in [-0.1, -0.05) is 70.2 Å². The maximum Gasteiger partial charge on any atom is 0.407 e. The number of amides is 3. The number of hydrogen-bond donors (Lipinski definition) is 4. The molecule has 5 N–H and O–H groups in total. The summed E-state index contributed by atoms with van der Waals surface area (Å²) in [6.07, 6.45) is 2.14. The van der Waals surface area contributed by atoms with Gasteiger partial charge >= 0.3 is 6.09 Å². The van der Waals surface area contributed by atoms with Gasteiger partial charge in [0.1, 0.15) is 41.2 Å². The van der Waals surface area contributed by atoms with Crippen LogP contribution in [0.3, 0.4) is 0 Å². The number of ether oxygens (including phenoxy) is 2. The molecule has 6 atom stereocenters. The van der Waals surface area contributed by atoms with Gasteiger partial charge in [-0.15, -0.1) is 0 Å². The van der Waals surface area contributed by atoms with Crippen LogP contribution in [-0.2, 0) is 14.3 Å². The Morgan fingerprint density at radius 2 is 1.46 bits per heavy atom. The van der Waals surface area contributed by atoms with Crippen molar-refractivity contribution in [2.24, 2.45) is 17.6 Å². The molecule has 6 heterocycles. The van der Waals surface area contributed by atoms with Gasteiger partial charge in [0.2, 0.25) is 18.0 Å². The topological polar surface area (TPSA) is 176 Å². The summed E-state index contributed by atoms with van der Waals surface area (Å²) in [7, 11) is 1.27. The number of aromatic amines is 2. The van der Waals surface area contributed by atoms with Crippen LogP contribution in [0, 0.1) is 23.5 Å². The minimum Gasteiger partial charge on any atom is -0.465 e. The number of carbonyl (C=O) groups is 3. The zero-order chi connectivity index (χ0) is 49.1. The molecular weight excluding hydrogens is 900 g/mol. The van der Waals surface area contributed by atoms with Crippen molar-refractivity contribution in [3.63, 3.8) is 0 Å². The molecule has 3 aromatic heterocycles. The van der Waals surface area contributed by atoms with E-state index in [-0.39, 0.29) is 59.8 Å². The van der Waals surface area contributed by atoms with E-state index in [0.29, 0.717) is 41.6 Å². The lowest BCUT2D eigenvalue weighted by Gasteiger charge is -2.31. The third kappa shape index (κ3) is 8.45. The number of nitrogens with two attached hydrogens (primary N) is 1. The first-order valence-corrected chi connectivity index (χ1v) is 23.6. The Morgan fingerprint density at radius 1 is 0.800 bits per heavy atom. The van der Waals surface area contributed by atoms with Crippen molar-refractivity contribution in [1.82, 2.24) is 39.6 Å². The van der Waals surface area contributed by atoms with Gasteiger partial charge in [-0.05, 0) is 78.3 Å². The molecular formula is C53H54F3N9O5. The molecule has 70 heavy (non-hydrogen) atoms. The number of halogens is 3. The summed E-state index contributed by atoms with van der Waals surface area (Å²) < 4.78 is 59.3. The van der Waals surface area contributed by atoms with Gasteiger partial charge in [0.05, 0.1) is 72.3 Å². The first-order valence-electron chi connectivity index (χ1n) is 23.6. The number of carbonyl (C=O) groups excluding carboxylic acids is 3. The molecule has 3 amide bonds. The zero-order valence-corrected chi connectivity index (χ0v) is 39.4. The predicted molar refractivity (Wildman–Crippen MR) is 258 cm³/mol. The normalized spacial score (nSPS) is 19.6. The zero-order valence-electron chi connectivity index (χ0n) is 39.4. The standard InChI is InChI=1S/C53H54F3N9O5/c1-27(2)46(57)50(66)64-26-36(55)23-43(64)49-59-25-39(61-49)33-20-37(56)45-42-21-34-19-32(38-24-58-48(60-38)41-7-6-18-63(41)51(67)47(28(3)4)62-53(68)69-5)14-17-40(34)65(42)52(70-44(45)22-33)31-10-8-29(9-11-31)30-12-15-35(54)16-13-30/h8-17,19-22,24-25,27-28,36,41,43,46-47,52H,6-7,18,23,26,57H2,1-5H3,(H,58,60)(H,59,61)(H,62,68)/t36-,41+,43+,46-,47-,52?/m0/s1. The van der Waals surface area contributed by atoms with E-state index in [1.165, 1.54) is 30.2 Å². The third-order valence-electron chi connectivity index (χ3n) is 13.9. The molecule has 0 spiro atoms. The lowest BCUT2D eigenvalue weighted by Crippen LogP contribution is -2.51. The number of H-pyrrole nitrogens is 2. The molecule has 3 aliphatic rings. The van der Waals surface area contributed by atoms with Crippen molar-refractivity contribution in [3.05, 3.63) is 126 Å². The molecule has 4 aromatic carbocycles. The van der Waals surface area contributed by atoms with Crippen LogP contribution in [0.4, 0.5) is 18.0 Å². The van der Waals surface area contributed by atoms with Crippen molar-refractivity contribution >= 4 is 28.8 Å². The van der Waals surface area contributed by atoms with Crippen LogP contribution in [0.15, 0.2) is 97.3 Å². The molecule has 1 unspecified atom stereocenters. The quantitative estimate of drug-likeness (QED) is 0.0991. The second-order valence-electron chi connectivity index (χ2n) is 19.1. The smallest absolute Gasteiger partial charge is 0.407 e. The molecule has 14 nitrogen and oxygen atoms in total. The molecule has 0 saturated carbocycles. The highest BCUT2D eigenvalue weighted by Gasteiger charge is 2.41. The highest BCUT2D eigenvalue weighted by molar-refractivity contribution is 5.93. The summed E-state index contributed by atoms with van der Waals surface area (Å²) in [6, 6.07) is 22.5. The van der Waals surface area contributed by atoms with E-state index in [9.17, 15) is 23.2 Å². The molecule has 17 heteroatoms. The van der Waals surface area contributed by atoms with E-state index < -0.39 is 42.4 Å². The third-order valence-corrected chi connectivity index (χ3v) is 13.9. The molecule has 2 saturated heterocycles. The number of imidazole rings is 2. The molecule has 10 rings (SSSR count). The maximum atomic E-state index is 16.9. The van der Waals surface area contributed by atoms with Gasteiger partial charge in [-0.25, -0.2) is 27.9 Å². The van der Waals surface area contributed by atoms with Crippen molar-refractivity contribution in [3.8, 4) is 50.6 Å². The van der Waals surface area contributed by atoms with Gasteiger partial charge in [0.25, 0.3) is 0 Å². The van der Waals surface area contributed by atoms with Gasteiger partial charge < -0.3 is 44.9 Å². The van der Waals surface area contributed by atoms with Crippen LogP contribution in [0.2, 0.25) is 0 Å². The fourth-order valence-electron chi connectivity index (χ4n) is 10.1. The largest absolute Gasteiger partial charge is 0.465 e. The second kappa shape index (κ2) is 18.5. The first-order chi connectivity index (χ1) is 33.7. The number of methoxy groups -OCH3 is 1. The number of aromatic nitrogens is 5. The van der Waals surface area contributed by atoms with E-state index in [1.807, 2.05) is 80.8 Å². The Bertz CT molecular complexity index is 3110. The summed E-state index contributed by atoms with van der Waals surface area (Å²) >= 11 is 0. The SMILES string of the molecule is COC(=O)N[C@H](C(=O)N1CCC[C@@H]1c1ncc(-c2ccc3c(c2)cc2n3C(c3ccc(-c4ccc(F)cc4)cc3)Oc3cc(-c4cnc([C@H]5C[C@H](F)CN5C(=O)[C@@H](N)C(C)C)[nH]4)cc(F)c3-2)[nH]1)C(C)C. The van der Waals surface area contributed by atoms with E-state index in [0.717, 1.165) is 45.3 Å². The Hall–Kier alpha value is -7.40. The van der Waals surface area contributed by atoms with Gasteiger partial charge in [-0.3, -0.25) is 9.59 Å². The molecule has 0 bridgehead atoms. The molecule has 362 valence electrons. The monoisotopic (exact) mass is 953 g/mol. The van der Waals surface area contributed by atoms with Crippen LogP contribution >= 0.6 is 0 Å². The van der Waals surface area contributed by atoms with Crippen LogP contribution in [-0.4, -0.2) is 90.7 Å². The highest BCUT2D eigenvalue weighted by Crippen LogP contribution is 2.48. The summed E-state index contributed by atoms with van der Waals surface area (Å²) in [5.74, 6) is -0.455. The van der Waals surface area contributed by atoms with Crippen molar-refractivity contribution < 1.29 is 37.0 Å². The lowest BCUT2D eigenvalue weighted by atomic mass is 10.0. The number of hydrogen-bond acceptors (Lipinski definition) is 8. The predicted octanol–water partition coefficient (Wildman–Crippen LogP) is 9.61.